The molecule has 1 aliphatic heterocycles. The Labute approximate surface area is 200 Å². The lowest BCUT2D eigenvalue weighted by Gasteiger charge is -2.23. The third kappa shape index (κ3) is 6.32. The second kappa shape index (κ2) is 11.6. The van der Waals surface area contributed by atoms with Crippen LogP contribution in [-0.4, -0.2) is 24.4 Å². The number of aryl methyl sites for hydroxylation is 1. The van der Waals surface area contributed by atoms with Crippen molar-refractivity contribution in [2.45, 2.75) is 69.5 Å². The summed E-state index contributed by atoms with van der Waals surface area (Å²) in [5, 5.41) is 1.52. The van der Waals surface area contributed by atoms with Crippen molar-refractivity contribution in [3.8, 4) is 11.5 Å². The number of amides is 2. The minimum atomic E-state index is -0.502. The van der Waals surface area contributed by atoms with E-state index in [2.05, 4.69) is 30.4 Å². The van der Waals surface area contributed by atoms with Crippen molar-refractivity contribution >= 4 is 22.9 Å². The molecule has 2 aromatic carbocycles. The largest absolute Gasteiger partial charge is 0.493 e. The van der Waals surface area contributed by atoms with E-state index in [4.69, 9.17) is 9.47 Å². The number of carbonyl (C=O) groups is 2. The Kier molecular flexibility index (Phi) is 8.32. The van der Waals surface area contributed by atoms with E-state index in [0.717, 1.165) is 42.3 Å². The summed E-state index contributed by atoms with van der Waals surface area (Å²) >= 11 is 1.01. The lowest BCUT2D eigenvalue weighted by atomic mass is 9.83. The highest BCUT2D eigenvalue weighted by atomic mass is 32.2. The molecule has 0 spiro atoms. The molecule has 2 fully saturated rings. The second-order valence-electron chi connectivity index (χ2n) is 8.85. The predicted molar refractivity (Wildman–Crippen MR) is 132 cm³/mol. The van der Waals surface area contributed by atoms with E-state index >= 15 is 0 Å². The minimum absolute atomic E-state index is 0.270. The molecule has 1 atom stereocenters. The zero-order chi connectivity index (χ0) is 23.0. The van der Waals surface area contributed by atoms with Gasteiger partial charge in [-0.25, -0.2) is 0 Å². The molecule has 1 N–H and O–H groups in total. The summed E-state index contributed by atoms with van der Waals surface area (Å²) in [6.07, 6.45) is 9.59. The molecule has 1 saturated heterocycles. The van der Waals surface area contributed by atoms with Crippen LogP contribution in [0.5, 0.6) is 11.5 Å². The molecule has 1 saturated carbocycles. The molecule has 1 heterocycles. The number of thioether (sulfide) groups is 1. The van der Waals surface area contributed by atoms with Crippen molar-refractivity contribution in [3.63, 3.8) is 0 Å². The van der Waals surface area contributed by atoms with Gasteiger partial charge in [0, 0.05) is 6.42 Å². The number of benzene rings is 2. The molecule has 33 heavy (non-hydrogen) atoms. The van der Waals surface area contributed by atoms with E-state index in [9.17, 15) is 9.59 Å². The van der Waals surface area contributed by atoms with E-state index in [0.29, 0.717) is 24.9 Å². The molecule has 4 rings (SSSR count). The number of hydrogen-bond acceptors (Lipinski definition) is 5. The first kappa shape index (κ1) is 23.7. The van der Waals surface area contributed by atoms with Gasteiger partial charge in [0.25, 0.3) is 5.24 Å². The first-order chi connectivity index (χ1) is 16.1. The SMILES string of the molecule is CCCc1cc(C2CCCCC2)ccc1OCCCOc1cccc([C@H]2SC(=O)NC2=O)c1. The lowest BCUT2D eigenvalue weighted by Crippen LogP contribution is -2.20. The summed E-state index contributed by atoms with van der Waals surface area (Å²) in [5.41, 5.74) is 3.57. The zero-order valence-corrected chi connectivity index (χ0v) is 20.1. The Morgan fingerprint density at radius 2 is 1.79 bits per heavy atom. The topological polar surface area (TPSA) is 64.6 Å². The number of imide groups is 1. The molecular weight excluding hydrogens is 434 g/mol. The zero-order valence-electron chi connectivity index (χ0n) is 19.3. The number of ether oxygens (including phenoxy) is 2. The van der Waals surface area contributed by atoms with E-state index in [1.807, 2.05) is 24.3 Å². The number of rotatable bonds is 10. The second-order valence-corrected chi connectivity index (χ2v) is 9.93. The standard InChI is InChI=1S/C27H33NO4S/c1-2-8-21-17-20(19-9-4-3-5-10-19)13-14-24(21)32-16-7-15-31-23-12-6-11-22(18-23)25-26(29)28-27(30)33-25/h6,11-14,17-19,25H,2-5,7-10,15-16H2,1H3,(H,28,29,30)/t25-/m1/s1. The van der Waals surface area contributed by atoms with Crippen molar-refractivity contribution < 1.29 is 19.1 Å². The van der Waals surface area contributed by atoms with Gasteiger partial charge in [-0.3, -0.25) is 14.9 Å². The maximum atomic E-state index is 11.9. The summed E-state index contributed by atoms with van der Waals surface area (Å²) in [6, 6.07) is 14.2. The average molecular weight is 468 g/mol. The van der Waals surface area contributed by atoms with Gasteiger partial charge in [0.2, 0.25) is 5.91 Å². The van der Waals surface area contributed by atoms with Crippen LogP contribution in [-0.2, 0) is 11.2 Å². The first-order valence-electron chi connectivity index (χ1n) is 12.1. The third-order valence-corrected chi connectivity index (χ3v) is 7.38. The molecule has 1 aliphatic carbocycles. The van der Waals surface area contributed by atoms with E-state index < -0.39 is 5.25 Å². The Balaban J connectivity index is 1.27. The van der Waals surface area contributed by atoms with Gasteiger partial charge in [-0.2, -0.15) is 0 Å². The van der Waals surface area contributed by atoms with Crippen molar-refractivity contribution in [1.82, 2.24) is 5.32 Å². The van der Waals surface area contributed by atoms with Crippen LogP contribution in [0.25, 0.3) is 0 Å². The summed E-state index contributed by atoms with van der Waals surface area (Å²) in [7, 11) is 0. The first-order valence-corrected chi connectivity index (χ1v) is 13.0. The molecule has 0 aromatic heterocycles. The van der Waals surface area contributed by atoms with Gasteiger partial charge >= 0.3 is 0 Å². The quantitative estimate of drug-likeness (QED) is 0.401. The fraction of sp³-hybridized carbons (Fsp3) is 0.481. The van der Waals surface area contributed by atoms with E-state index in [1.165, 1.54) is 43.2 Å². The molecule has 5 nitrogen and oxygen atoms in total. The van der Waals surface area contributed by atoms with Crippen LogP contribution in [0.3, 0.4) is 0 Å². The molecule has 0 radical (unpaired) electrons. The van der Waals surface area contributed by atoms with Crippen LogP contribution in [0, 0.1) is 0 Å². The van der Waals surface area contributed by atoms with Crippen LogP contribution in [0.15, 0.2) is 42.5 Å². The van der Waals surface area contributed by atoms with Gasteiger partial charge in [0.05, 0.1) is 13.2 Å². The van der Waals surface area contributed by atoms with E-state index in [-0.39, 0.29) is 11.1 Å². The normalized spacial score (nSPS) is 18.9. The molecule has 2 aromatic rings. The number of hydrogen-bond donors (Lipinski definition) is 1. The monoisotopic (exact) mass is 467 g/mol. The summed E-state index contributed by atoms with van der Waals surface area (Å²) in [4.78, 5) is 23.3. The van der Waals surface area contributed by atoms with Gasteiger partial charge in [-0.05, 0) is 71.8 Å². The molecule has 2 amide bonds. The van der Waals surface area contributed by atoms with E-state index in [1.54, 1.807) is 0 Å². The van der Waals surface area contributed by atoms with Gasteiger partial charge in [-0.15, -0.1) is 0 Å². The Bertz CT molecular complexity index is 970. The Morgan fingerprint density at radius 3 is 2.55 bits per heavy atom. The third-order valence-electron chi connectivity index (χ3n) is 6.34. The average Bonchev–Trinajstić information content (AvgIpc) is 3.18. The van der Waals surface area contributed by atoms with Gasteiger partial charge in [0.1, 0.15) is 16.7 Å². The highest BCUT2D eigenvalue weighted by molar-refractivity contribution is 8.15. The van der Waals surface area contributed by atoms with Gasteiger partial charge in [-0.1, -0.05) is 56.9 Å². The molecule has 6 heteroatoms. The molecule has 0 bridgehead atoms. The van der Waals surface area contributed by atoms with Crippen LogP contribution in [0.1, 0.15) is 79.7 Å². The highest BCUT2D eigenvalue weighted by Crippen LogP contribution is 2.36. The van der Waals surface area contributed by atoms with Crippen LogP contribution in [0.4, 0.5) is 4.79 Å². The summed E-state index contributed by atoms with van der Waals surface area (Å²) in [6.45, 7) is 3.33. The van der Waals surface area contributed by atoms with Gasteiger partial charge < -0.3 is 9.47 Å². The van der Waals surface area contributed by atoms with Crippen molar-refractivity contribution in [3.05, 3.63) is 59.2 Å². The van der Waals surface area contributed by atoms with Gasteiger partial charge in [0.15, 0.2) is 0 Å². The summed E-state index contributed by atoms with van der Waals surface area (Å²) in [5.74, 6) is 2.13. The Hall–Kier alpha value is -2.47. The number of nitrogens with one attached hydrogen (secondary N) is 1. The molecular formula is C27H33NO4S. The van der Waals surface area contributed by atoms with Crippen molar-refractivity contribution in [1.29, 1.82) is 0 Å². The highest BCUT2D eigenvalue weighted by Gasteiger charge is 2.33. The smallest absolute Gasteiger partial charge is 0.286 e. The fourth-order valence-electron chi connectivity index (χ4n) is 4.67. The molecule has 0 unspecified atom stereocenters. The van der Waals surface area contributed by atoms with Crippen LogP contribution in [0.2, 0.25) is 0 Å². The molecule has 2 aliphatic rings. The predicted octanol–water partition coefficient (Wildman–Crippen LogP) is 6.56. The lowest BCUT2D eigenvalue weighted by molar-refractivity contribution is -0.119. The van der Waals surface area contributed by atoms with Crippen molar-refractivity contribution in [2.24, 2.45) is 0 Å². The van der Waals surface area contributed by atoms with Crippen molar-refractivity contribution in [2.75, 3.05) is 13.2 Å². The minimum Gasteiger partial charge on any atom is -0.493 e. The Morgan fingerprint density at radius 1 is 0.970 bits per heavy atom. The van der Waals surface area contributed by atoms with Crippen LogP contribution < -0.4 is 14.8 Å². The fourth-order valence-corrected chi connectivity index (χ4v) is 5.49. The summed E-state index contributed by atoms with van der Waals surface area (Å²) < 4.78 is 12.0. The van der Waals surface area contributed by atoms with Crippen LogP contribution >= 0.6 is 11.8 Å². The molecule has 176 valence electrons. The maximum Gasteiger partial charge on any atom is 0.286 e. The maximum absolute atomic E-state index is 11.9. The number of carbonyl (C=O) groups excluding carboxylic acids is 2.